The van der Waals surface area contributed by atoms with E-state index in [1.54, 1.807) is 0 Å². The van der Waals surface area contributed by atoms with Gasteiger partial charge in [-0.05, 0) is 53.0 Å². The molecule has 6 heteroatoms. The van der Waals surface area contributed by atoms with Crippen LogP contribution in [0.25, 0.3) is 0 Å². The smallest absolute Gasteiger partial charge is 0.374 e. The normalized spacial score (nSPS) is 13.0. The van der Waals surface area contributed by atoms with Crippen molar-refractivity contribution in [3.63, 3.8) is 0 Å². The molecule has 0 saturated carbocycles. The van der Waals surface area contributed by atoms with E-state index in [0.29, 0.717) is 25.9 Å². The van der Waals surface area contributed by atoms with Crippen LogP contribution in [-0.2, 0) is 13.3 Å². The average molecular weight is 503 g/mol. The van der Waals surface area contributed by atoms with Crippen LogP contribution in [0.4, 0.5) is 0 Å². The maximum Gasteiger partial charge on any atom is 0.500 e. The summed E-state index contributed by atoms with van der Waals surface area (Å²) in [5.74, 6) is 0. The molecule has 0 amide bonds. The minimum Gasteiger partial charge on any atom is -0.374 e. The zero-order chi connectivity index (χ0) is 25.2. The second-order valence-corrected chi connectivity index (χ2v) is 12.6. The van der Waals surface area contributed by atoms with E-state index in [0.717, 1.165) is 31.9 Å². The van der Waals surface area contributed by atoms with Crippen molar-refractivity contribution >= 4 is 8.80 Å². The average Bonchev–Trinajstić information content (AvgIpc) is 2.82. The number of hydrogen-bond donors (Lipinski definition) is 2. The van der Waals surface area contributed by atoms with Crippen molar-refractivity contribution in [1.29, 1.82) is 0 Å². The molecule has 0 aliphatic carbocycles. The van der Waals surface area contributed by atoms with Crippen LogP contribution in [0.15, 0.2) is 0 Å². The zero-order valence-corrected chi connectivity index (χ0v) is 24.4. The highest BCUT2D eigenvalue weighted by Gasteiger charge is 2.39. The first kappa shape index (κ1) is 34.0. The Hall–Kier alpha value is 0.0169. The summed E-state index contributed by atoms with van der Waals surface area (Å²) in [6, 6.07) is 1.34. The van der Waals surface area contributed by atoms with Gasteiger partial charge in [0.25, 0.3) is 0 Å². The van der Waals surface area contributed by atoms with Crippen molar-refractivity contribution in [1.82, 2.24) is 0 Å². The summed E-state index contributed by atoms with van der Waals surface area (Å²) >= 11 is 0. The quantitative estimate of drug-likeness (QED) is 0.0845. The van der Waals surface area contributed by atoms with Crippen molar-refractivity contribution in [2.24, 2.45) is 11.5 Å². The van der Waals surface area contributed by atoms with Gasteiger partial charge >= 0.3 is 8.80 Å². The topological polar surface area (TPSA) is 79.7 Å². The van der Waals surface area contributed by atoms with E-state index in [1.807, 2.05) is 20.8 Å². The van der Waals surface area contributed by atoms with Crippen LogP contribution in [0.2, 0.25) is 6.04 Å². The fraction of sp³-hybridized carbons (Fsp3) is 1.00. The fourth-order valence-corrected chi connectivity index (χ4v) is 7.43. The van der Waals surface area contributed by atoms with Crippen LogP contribution >= 0.6 is 0 Å². The largest absolute Gasteiger partial charge is 0.500 e. The third-order valence-electron chi connectivity index (χ3n) is 6.68. The Balaban J connectivity index is 3.39. The molecular formula is C28H62N2O3Si. The van der Waals surface area contributed by atoms with E-state index in [-0.39, 0.29) is 0 Å². The van der Waals surface area contributed by atoms with Crippen LogP contribution < -0.4 is 11.5 Å². The van der Waals surface area contributed by atoms with Crippen molar-refractivity contribution < 1.29 is 13.3 Å². The Morgan fingerprint density at radius 1 is 0.500 bits per heavy atom. The molecular weight excluding hydrogens is 440 g/mol. The van der Waals surface area contributed by atoms with Crippen LogP contribution in [0.3, 0.4) is 0 Å². The standard InChI is InChI=1S/C28H62N2O3Si/c1-4-31-34(32-5-2,33-6-3)27-22-20-18-16-14-12-10-8-7-9-11-13-15-17-19-21-24-28(30)25-23-26-29/h28H,4-27,29-30H2,1-3H3. The van der Waals surface area contributed by atoms with Crippen LogP contribution in [0, 0.1) is 0 Å². The number of nitrogens with two attached hydrogens (primary N) is 2. The molecule has 34 heavy (non-hydrogen) atoms. The molecule has 1 unspecified atom stereocenters. The van der Waals surface area contributed by atoms with Gasteiger partial charge in [-0.15, -0.1) is 0 Å². The highest BCUT2D eigenvalue weighted by Crippen LogP contribution is 2.21. The Morgan fingerprint density at radius 3 is 1.18 bits per heavy atom. The molecule has 0 aromatic rings. The minimum atomic E-state index is -2.42. The molecule has 206 valence electrons. The molecule has 0 saturated heterocycles. The van der Waals surface area contributed by atoms with Gasteiger partial charge in [-0.25, -0.2) is 0 Å². The van der Waals surface area contributed by atoms with Gasteiger partial charge < -0.3 is 24.7 Å². The Labute approximate surface area is 214 Å². The third kappa shape index (κ3) is 21.3. The summed E-state index contributed by atoms with van der Waals surface area (Å²) < 4.78 is 17.8. The molecule has 0 aliphatic rings. The van der Waals surface area contributed by atoms with Crippen LogP contribution in [0.5, 0.6) is 0 Å². The molecule has 4 N–H and O–H groups in total. The highest BCUT2D eigenvalue weighted by atomic mass is 28.4. The van der Waals surface area contributed by atoms with Crippen LogP contribution in [-0.4, -0.2) is 41.2 Å². The van der Waals surface area contributed by atoms with Gasteiger partial charge in [0.1, 0.15) is 0 Å². The van der Waals surface area contributed by atoms with Gasteiger partial charge in [-0.3, -0.25) is 0 Å². The number of hydrogen-bond acceptors (Lipinski definition) is 5. The molecule has 0 aromatic heterocycles. The lowest BCUT2D eigenvalue weighted by atomic mass is 10.0. The van der Waals surface area contributed by atoms with Gasteiger partial charge in [0.05, 0.1) is 0 Å². The zero-order valence-electron chi connectivity index (χ0n) is 23.4. The molecule has 1 atom stereocenters. The van der Waals surface area contributed by atoms with Gasteiger partial charge in [0, 0.05) is 31.9 Å². The minimum absolute atomic E-state index is 0.372. The Bertz CT molecular complexity index is 385. The van der Waals surface area contributed by atoms with Crippen molar-refractivity contribution in [2.45, 2.75) is 155 Å². The molecule has 0 heterocycles. The molecule has 0 aliphatic heterocycles. The molecule has 0 radical (unpaired) electrons. The number of unbranched alkanes of at least 4 members (excludes halogenated alkanes) is 15. The summed E-state index contributed by atoms with van der Waals surface area (Å²) in [6.07, 6.45) is 25.2. The van der Waals surface area contributed by atoms with Crippen molar-refractivity contribution in [2.75, 3.05) is 26.4 Å². The molecule has 5 nitrogen and oxygen atoms in total. The SMILES string of the molecule is CCO[Si](CCCCCCCCCCCCCCCCCCC(N)CCCN)(OCC)OCC. The maximum absolute atomic E-state index is 6.10. The first-order chi connectivity index (χ1) is 16.6. The van der Waals surface area contributed by atoms with Gasteiger partial charge in [0.2, 0.25) is 0 Å². The number of rotatable bonds is 28. The van der Waals surface area contributed by atoms with E-state index < -0.39 is 8.80 Å². The van der Waals surface area contributed by atoms with E-state index in [2.05, 4.69) is 0 Å². The summed E-state index contributed by atoms with van der Waals surface area (Å²) in [5.41, 5.74) is 11.6. The maximum atomic E-state index is 6.10. The molecule has 0 fully saturated rings. The van der Waals surface area contributed by atoms with Crippen molar-refractivity contribution in [3.05, 3.63) is 0 Å². The van der Waals surface area contributed by atoms with E-state index in [1.165, 1.54) is 103 Å². The predicted molar refractivity (Wildman–Crippen MR) is 150 cm³/mol. The van der Waals surface area contributed by atoms with Gasteiger partial charge in [-0.1, -0.05) is 96.3 Å². The lowest BCUT2D eigenvalue weighted by Gasteiger charge is -2.28. The summed E-state index contributed by atoms with van der Waals surface area (Å²) in [7, 11) is -2.42. The predicted octanol–water partition coefficient (Wildman–Crippen LogP) is 7.73. The third-order valence-corrected chi connectivity index (χ3v) is 9.83. The first-order valence-corrected chi connectivity index (χ1v) is 16.9. The summed E-state index contributed by atoms with van der Waals surface area (Å²) in [4.78, 5) is 0. The monoisotopic (exact) mass is 502 g/mol. The van der Waals surface area contributed by atoms with E-state index in [4.69, 9.17) is 24.7 Å². The molecule has 0 bridgehead atoms. The first-order valence-electron chi connectivity index (χ1n) is 15.0. The van der Waals surface area contributed by atoms with Crippen LogP contribution in [0.1, 0.15) is 143 Å². The second kappa shape index (κ2) is 26.1. The van der Waals surface area contributed by atoms with Gasteiger partial charge in [0.15, 0.2) is 0 Å². The Morgan fingerprint density at radius 2 is 0.824 bits per heavy atom. The fourth-order valence-electron chi connectivity index (χ4n) is 4.75. The second-order valence-electron chi connectivity index (χ2n) is 9.87. The lowest BCUT2D eigenvalue weighted by molar-refractivity contribution is 0.0706. The van der Waals surface area contributed by atoms with E-state index in [9.17, 15) is 0 Å². The summed E-state index contributed by atoms with van der Waals surface area (Å²) in [6.45, 7) is 8.91. The molecule has 0 aromatic carbocycles. The Kier molecular flexibility index (Phi) is 26.1. The summed E-state index contributed by atoms with van der Waals surface area (Å²) in [5, 5.41) is 0. The molecule has 0 rings (SSSR count). The van der Waals surface area contributed by atoms with Crippen molar-refractivity contribution in [3.8, 4) is 0 Å². The lowest BCUT2D eigenvalue weighted by Crippen LogP contribution is -2.45. The van der Waals surface area contributed by atoms with Gasteiger partial charge in [-0.2, -0.15) is 0 Å². The molecule has 0 spiro atoms. The van der Waals surface area contributed by atoms with E-state index >= 15 is 0 Å². The highest BCUT2D eigenvalue weighted by molar-refractivity contribution is 6.60.